The van der Waals surface area contributed by atoms with Crippen LogP contribution in [0.2, 0.25) is 5.28 Å². The molecule has 0 saturated heterocycles. The van der Waals surface area contributed by atoms with Gasteiger partial charge in [-0.25, -0.2) is 9.37 Å². The van der Waals surface area contributed by atoms with Crippen molar-refractivity contribution in [2.45, 2.75) is 32.5 Å². The first-order valence-corrected chi connectivity index (χ1v) is 7.18. The van der Waals surface area contributed by atoms with Gasteiger partial charge in [-0.3, -0.25) is 0 Å². The van der Waals surface area contributed by atoms with Gasteiger partial charge < -0.3 is 4.74 Å². The van der Waals surface area contributed by atoms with Crippen LogP contribution < -0.4 is 4.74 Å². The van der Waals surface area contributed by atoms with Crippen molar-refractivity contribution >= 4 is 38.4 Å². The van der Waals surface area contributed by atoms with Crippen molar-refractivity contribution in [3.05, 3.63) is 27.2 Å². The molecule has 2 rings (SSSR count). The van der Waals surface area contributed by atoms with Gasteiger partial charge in [-0.1, -0.05) is 0 Å². The molecule has 0 bridgehead atoms. The highest BCUT2D eigenvalue weighted by molar-refractivity contribution is 9.10. The van der Waals surface area contributed by atoms with Crippen LogP contribution in [0, 0.1) is 5.82 Å². The maximum atomic E-state index is 14.0. The van der Waals surface area contributed by atoms with Crippen LogP contribution in [0.15, 0.2) is 10.5 Å². The number of hydrogen-bond acceptors (Lipinski definition) is 3. The number of rotatable bonds is 1. The molecule has 0 saturated carbocycles. The van der Waals surface area contributed by atoms with Crippen LogP contribution in [0.5, 0.6) is 5.88 Å². The zero-order valence-electron chi connectivity index (χ0n) is 11.6. The molecule has 22 heavy (non-hydrogen) atoms. The Morgan fingerprint density at radius 2 is 1.77 bits per heavy atom. The molecule has 0 radical (unpaired) electrons. The Bertz CT molecular complexity index is 744. The fourth-order valence-corrected chi connectivity index (χ4v) is 2.61. The van der Waals surface area contributed by atoms with E-state index < -0.39 is 27.6 Å². The van der Waals surface area contributed by atoms with Crippen molar-refractivity contribution in [2.24, 2.45) is 0 Å². The molecule has 120 valence electrons. The van der Waals surface area contributed by atoms with E-state index in [0.717, 1.165) is 0 Å². The summed E-state index contributed by atoms with van der Waals surface area (Å²) >= 11 is 8.55. The van der Waals surface area contributed by atoms with Crippen LogP contribution in [-0.4, -0.2) is 15.6 Å². The molecule has 0 aliphatic heterocycles. The third kappa shape index (κ3) is 3.43. The Balaban J connectivity index is 2.88. The van der Waals surface area contributed by atoms with Gasteiger partial charge >= 0.3 is 6.18 Å². The van der Waals surface area contributed by atoms with E-state index in [9.17, 15) is 17.6 Å². The molecule has 0 aliphatic rings. The van der Waals surface area contributed by atoms with E-state index in [2.05, 4.69) is 25.9 Å². The fraction of sp³-hybridized carbons (Fsp3) is 0.385. The van der Waals surface area contributed by atoms with Crippen LogP contribution in [-0.2, 0) is 6.18 Å². The number of benzene rings is 1. The third-order valence-electron chi connectivity index (χ3n) is 2.51. The number of nitrogens with zero attached hydrogens (tertiary/aromatic N) is 2. The minimum Gasteiger partial charge on any atom is -0.471 e. The van der Waals surface area contributed by atoms with Crippen LogP contribution in [0.4, 0.5) is 17.6 Å². The molecular formula is C13H10BrClF4N2O. The molecule has 0 fully saturated rings. The summed E-state index contributed by atoms with van der Waals surface area (Å²) in [6.45, 7) is 5.02. The third-order valence-corrected chi connectivity index (χ3v) is 3.50. The molecule has 9 heteroatoms. The van der Waals surface area contributed by atoms with Gasteiger partial charge in [-0.05, 0) is 54.4 Å². The van der Waals surface area contributed by atoms with Gasteiger partial charge in [0.2, 0.25) is 11.2 Å². The van der Waals surface area contributed by atoms with Gasteiger partial charge in [0, 0.05) is 4.47 Å². The van der Waals surface area contributed by atoms with Crippen LogP contribution >= 0.6 is 27.5 Å². The average Bonchev–Trinajstić information content (AvgIpc) is 2.29. The number of aromatic nitrogens is 2. The summed E-state index contributed by atoms with van der Waals surface area (Å²) in [5.74, 6) is -1.38. The molecule has 0 spiro atoms. The van der Waals surface area contributed by atoms with Crippen molar-refractivity contribution in [3.63, 3.8) is 0 Å². The monoisotopic (exact) mass is 400 g/mol. The fourth-order valence-electron chi connectivity index (χ4n) is 1.75. The maximum Gasteiger partial charge on any atom is 0.417 e. The van der Waals surface area contributed by atoms with E-state index in [1.807, 2.05) is 0 Å². The Hall–Kier alpha value is -1.15. The summed E-state index contributed by atoms with van der Waals surface area (Å²) in [5.41, 5.74) is -2.30. The molecule has 0 unspecified atom stereocenters. The quantitative estimate of drug-likeness (QED) is 0.475. The molecule has 0 N–H and O–H groups in total. The van der Waals surface area contributed by atoms with Crippen molar-refractivity contribution in [1.29, 1.82) is 0 Å². The largest absolute Gasteiger partial charge is 0.471 e. The van der Waals surface area contributed by atoms with Gasteiger partial charge in [-0.2, -0.15) is 18.2 Å². The van der Waals surface area contributed by atoms with E-state index in [0.29, 0.717) is 6.07 Å². The molecule has 1 heterocycles. The molecule has 1 aromatic carbocycles. The molecule has 3 nitrogen and oxygen atoms in total. The van der Waals surface area contributed by atoms with E-state index in [1.165, 1.54) is 0 Å². The molecule has 0 atom stereocenters. The van der Waals surface area contributed by atoms with E-state index in [4.69, 9.17) is 16.3 Å². The summed E-state index contributed by atoms with van der Waals surface area (Å²) in [6.07, 6.45) is -4.74. The Morgan fingerprint density at radius 3 is 2.27 bits per heavy atom. The summed E-state index contributed by atoms with van der Waals surface area (Å²) in [4.78, 5) is 7.43. The van der Waals surface area contributed by atoms with Crippen molar-refractivity contribution in [1.82, 2.24) is 9.97 Å². The lowest BCUT2D eigenvalue weighted by Crippen LogP contribution is -2.24. The molecule has 1 aromatic heterocycles. The molecule has 2 aromatic rings. The highest BCUT2D eigenvalue weighted by Gasteiger charge is 2.36. The van der Waals surface area contributed by atoms with E-state index in [1.54, 1.807) is 20.8 Å². The van der Waals surface area contributed by atoms with E-state index >= 15 is 0 Å². The normalized spacial score (nSPS) is 12.8. The number of ether oxygens (including phenoxy) is 1. The average molecular weight is 402 g/mol. The molecular weight excluding hydrogens is 392 g/mol. The van der Waals surface area contributed by atoms with Gasteiger partial charge in [-0.15, -0.1) is 0 Å². The Kier molecular flexibility index (Phi) is 4.29. The second-order valence-electron chi connectivity index (χ2n) is 5.45. The number of hydrogen-bond donors (Lipinski definition) is 0. The number of halogens is 6. The highest BCUT2D eigenvalue weighted by Crippen LogP contribution is 2.42. The summed E-state index contributed by atoms with van der Waals surface area (Å²) in [5, 5.41) is -0.538. The second-order valence-corrected chi connectivity index (χ2v) is 6.58. The minimum absolute atomic E-state index is 0.216. The summed E-state index contributed by atoms with van der Waals surface area (Å²) in [6, 6.07) is 0.358. The van der Waals surface area contributed by atoms with Crippen molar-refractivity contribution in [2.75, 3.05) is 0 Å². The maximum absolute atomic E-state index is 14.0. The topological polar surface area (TPSA) is 35.0 Å². The SMILES string of the molecule is CC(C)(C)Oc1nc(Cl)nc2c(F)cc(C(F)(F)F)c(Br)c12. The van der Waals surface area contributed by atoms with Gasteiger partial charge in [0.1, 0.15) is 16.9 Å². The van der Waals surface area contributed by atoms with Crippen molar-refractivity contribution < 1.29 is 22.3 Å². The van der Waals surface area contributed by atoms with Crippen molar-refractivity contribution in [3.8, 4) is 5.88 Å². The van der Waals surface area contributed by atoms with Gasteiger partial charge in [0.15, 0.2) is 0 Å². The lowest BCUT2D eigenvalue weighted by atomic mass is 10.1. The van der Waals surface area contributed by atoms with Crippen LogP contribution in [0.3, 0.4) is 0 Å². The number of fused-ring (bicyclic) bond motifs is 1. The summed E-state index contributed by atoms with van der Waals surface area (Å²) < 4.78 is 58.1. The molecule has 0 amide bonds. The second kappa shape index (κ2) is 5.49. The smallest absolute Gasteiger partial charge is 0.417 e. The van der Waals surface area contributed by atoms with Gasteiger partial charge in [0.05, 0.1) is 10.9 Å². The van der Waals surface area contributed by atoms with Crippen LogP contribution in [0.1, 0.15) is 26.3 Å². The Labute approximate surface area is 136 Å². The first-order valence-electron chi connectivity index (χ1n) is 6.01. The Morgan fingerprint density at radius 1 is 1.18 bits per heavy atom. The summed E-state index contributed by atoms with van der Waals surface area (Å²) in [7, 11) is 0. The molecule has 0 aliphatic carbocycles. The zero-order valence-corrected chi connectivity index (χ0v) is 14.0. The lowest BCUT2D eigenvalue weighted by molar-refractivity contribution is -0.138. The van der Waals surface area contributed by atoms with E-state index in [-0.39, 0.29) is 22.1 Å². The minimum atomic E-state index is -4.74. The number of alkyl halides is 3. The van der Waals surface area contributed by atoms with Crippen LogP contribution in [0.25, 0.3) is 10.9 Å². The predicted octanol–water partition coefficient (Wildman–Crippen LogP) is 5.38. The predicted molar refractivity (Wildman–Crippen MR) is 77.6 cm³/mol. The van der Waals surface area contributed by atoms with Gasteiger partial charge in [0.25, 0.3) is 0 Å². The first kappa shape index (κ1) is 17.2. The standard InChI is InChI=1S/C13H10BrClF4N2O/c1-12(2,3)22-10-7-8(14)5(13(17,18)19)4-6(16)9(7)20-11(15)21-10/h4H,1-3H3. The first-order chi connectivity index (χ1) is 9.90. The highest BCUT2D eigenvalue weighted by atomic mass is 79.9. The lowest BCUT2D eigenvalue weighted by Gasteiger charge is -2.22. The zero-order chi connectivity index (χ0) is 16.9.